The summed E-state index contributed by atoms with van der Waals surface area (Å²) in [7, 11) is -3.57. The molecule has 0 amide bonds. The fourth-order valence-electron chi connectivity index (χ4n) is 1.61. The quantitative estimate of drug-likeness (QED) is 0.761. The molecule has 0 aromatic heterocycles. The normalized spacial score (nSPS) is 20.5. The highest BCUT2D eigenvalue weighted by atomic mass is 32.2. The van der Waals surface area contributed by atoms with Crippen LogP contribution in [0.15, 0.2) is 34.9 Å². The molecule has 1 heterocycles. The molecule has 0 aliphatic carbocycles. The van der Waals surface area contributed by atoms with Crippen LogP contribution in [0.2, 0.25) is 0 Å². The summed E-state index contributed by atoms with van der Waals surface area (Å²) in [6.07, 6.45) is 0. The van der Waals surface area contributed by atoms with Crippen molar-refractivity contribution in [2.75, 3.05) is 14.1 Å². The summed E-state index contributed by atoms with van der Waals surface area (Å²) in [6.45, 7) is -3.19. The van der Waals surface area contributed by atoms with Gasteiger partial charge in [0.25, 0.3) is 10.0 Å². The highest BCUT2D eigenvalue weighted by Gasteiger charge is 2.38. The molecule has 0 fully saturated rings. The van der Waals surface area contributed by atoms with Crippen LogP contribution < -0.4 is 0 Å². The number of aliphatic hydroxyl groups excluding tert-OH is 1. The number of hydrogen-bond donors (Lipinski definition) is 1. The van der Waals surface area contributed by atoms with Crippen LogP contribution >= 0.6 is 0 Å². The number of fused-ring (bicyclic) bond motifs is 1. The van der Waals surface area contributed by atoms with Crippen molar-refractivity contribution in [1.82, 2.24) is 4.31 Å². The van der Waals surface area contributed by atoms with Gasteiger partial charge < -0.3 is 9.84 Å². The van der Waals surface area contributed by atoms with Gasteiger partial charge in [-0.3, -0.25) is 4.31 Å². The zero-order chi connectivity index (χ0) is 16.0. The van der Waals surface area contributed by atoms with Crippen molar-refractivity contribution in [3.05, 3.63) is 35.5 Å². The van der Waals surface area contributed by atoms with E-state index >= 15 is 0 Å². The van der Waals surface area contributed by atoms with Crippen LogP contribution in [0.25, 0.3) is 5.76 Å². The molecule has 1 aromatic carbocycles. The van der Waals surface area contributed by atoms with Crippen molar-refractivity contribution in [1.29, 1.82) is 0 Å². The van der Waals surface area contributed by atoms with Gasteiger partial charge in [0, 0.05) is 16.7 Å². The van der Waals surface area contributed by atoms with E-state index in [1.807, 2.05) is 0 Å². The van der Waals surface area contributed by atoms with Crippen LogP contribution in [0.3, 0.4) is 0 Å². The minimum atomic E-state index is -4.53. The third-order valence-corrected chi connectivity index (χ3v) is 4.04. The Kier molecular flexibility index (Phi) is 2.01. The first-order chi connectivity index (χ1) is 9.62. The molecular formula is C11H11NO5S. The average molecular weight is 272 g/mol. The second-order valence-electron chi connectivity index (χ2n) is 3.45. The number of methoxy groups -OCH3 is 1. The van der Waals surface area contributed by atoms with E-state index in [1.54, 1.807) is 0 Å². The Balaban J connectivity index is 2.89. The van der Waals surface area contributed by atoms with Crippen LogP contribution in [0, 0.1) is 0 Å². The summed E-state index contributed by atoms with van der Waals surface area (Å²) in [5.74, 6) is -2.02. The lowest BCUT2D eigenvalue weighted by atomic mass is 10.1. The first-order valence-corrected chi connectivity index (χ1v) is 6.22. The number of sulfonamides is 1. The molecule has 18 heavy (non-hydrogen) atoms. The lowest BCUT2D eigenvalue weighted by Crippen LogP contribution is -2.35. The van der Waals surface area contributed by atoms with Crippen LogP contribution in [0.4, 0.5) is 0 Å². The molecule has 0 unspecified atom stereocenters. The van der Waals surface area contributed by atoms with Crippen LogP contribution in [-0.4, -0.2) is 37.9 Å². The summed E-state index contributed by atoms with van der Waals surface area (Å²) in [5, 5.41) is 10.1. The summed E-state index contributed by atoms with van der Waals surface area (Å²) in [4.78, 5) is 11.3. The maximum Gasteiger partial charge on any atom is 0.359 e. The largest absolute Gasteiger partial charge is 0.505 e. The van der Waals surface area contributed by atoms with Crippen molar-refractivity contribution < 1.29 is 27.2 Å². The third kappa shape index (κ3) is 1.55. The van der Waals surface area contributed by atoms with E-state index in [0.717, 1.165) is 13.2 Å². The van der Waals surface area contributed by atoms with Crippen molar-refractivity contribution in [2.24, 2.45) is 0 Å². The Morgan fingerprint density at radius 2 is 2.11 bits per heavy atom. The first-order valence-electron chi connectivity index (χ1n) is 6.28. The minimum absolute atomic E-state index is 0.0938. The number of likely N-dealkylation sites (N-methyl/N-ethyl adjacent to an activating group) is 1. The molecule has 0 saturated heterocycles. The number of esters is 1. The van der Waals surface area contributed by atoms with E-state index in [1.165, 1.54) is 18.2 Å². The number of benzene rings is 1. The SMILES string of the molecule is [2H]C([2H])([2H])N1C(C(=O)OC)=C(O)c2ccccc2S1(=O)=O. The molecule has 1 N–H and O–H groups in total. The van der Waals surface area contributed by atoms with E-state index in [2.05, 4.69) is 4.74 Å². The fraction of sp³-hybridized carbons (Fsp3) is 0.182. The predicted octanol–water partition coefficient (Wildman–Crippen LogP) is 0.720. The average Bonchev–Trinajstić information content (AvgIpc) is 2.40. The second-order valence-corrected chi connectivity index (χ2v) is 5.21. The van der Waals surface area contributed by atoms with Gasteiger partial charge in [-0.2, -0.15) is 0 Å². The topological polar surface area (TPSA) is 83.9 Å². The van der Waals surface area contributed by atoms with Gasteiger partial charge in [-0.15, -0.1) is 0 Å². The van der Waals surface area contributed by atoms with Gasteiger partial charge >= 0.3 is 5.97 Å². The van der Waals surface area contributed by atoms with Gasteiger partial charge in [-0.25, -0.2) is 13.2 Å². The summed E-state index contributed by atoms with van der Waals surface area (Å²) in [5.41, 5.74) is -1.09. The summed E-state index contributed by atoms with van der Waals surface area (Å²) < 4.78 is 51.2. The Hall–Kier alpha value is -2.02. The molecular weight excluding hydrogens is 258 g/mol. The number of carbonyl (C=O) groups excluding carboxylic acids is 1. The van der Waals surface area contributed by atoms with E-state index in [-0.39, 0.29) is 9.87 Å². The zero-order valence-electron chi connectivity index (χ0n) is 12.2. The standard InChI is InChI=1S/C11H11NO5S/c1-12-9(11(14)17-2)10(13)7-5-3-4-6-8(7)18(12,15)16/h3-6,13H,1-2H3/i1D3. The van der Waals surface area contributed by atoms with Gasteiger partial charge in [0.1, 0.15) is 0 Å². The summed E-state index contributed by atoms with van der Waals surface area (Å²) in [6, 6.07) is 5.24. The molecule has 1 aliphatic rings. The lowest BCUT2D eigenvalue weighted by Gasteiger charge is -2.27. The number of aliphatic hydroxyl groups is 1. The zero-order valence-corrected chi connectivity index (χ0v) is 10.1. The van der Waals surface area contributed by atoms with Crippen molar-refractivity contribution >= 4 is 21.8 Å². The maximum atomic E-state index is 12.4. The van der Waals surface area contributed by atoms with Gasteiger partial charge in [0.2, 0.25) is 0 Å². The van der Waals surface area contributed by atoms with Crippen molar-refractivity contribution in [3.63, 3.8) is 0 Å². The Morgan fingerprint density at radius 1 is 1.44 bits per heavy atom. The van der Waals surface area contributed by atoms with E-state index in [9.17, 15) is 18.3 Å². The third-order valence-electron chi connectivity index (χ3n) is 2.47. The van der Waals surface area contributed by atoms with Crippen LogP contribution in [-0.2, 0) is 19.6 Å². The molecule has 6 nitrogen and oxygen atoms in total. The first kappa shape index (κ1) is 8.98. The van der Waals surface area contributed by atoms with Crippen LogP contribution in [0.5, 0.6) is 0 Å². The smallest absolute Gasteiger partial charge is 0.359 e. The Bertz CT molecular complexity index is 738. The minimum Gasteiger partial charge on any atom is -0.505 e. The molecule has 0 bridgehead atoms. The van der Waals surface area contributed by atoms with E-state index in [4.69, 9.17) is 4.11 Å². The molecule has 2 rings (SSSR count). The number of carbonyl (C=O) groups is 1. The lowest BCUT2D eigenvalue weighted by molar-refractivity contribution is -0.137. The van der Waals surface area contributed by atoms with E-state index in [0.29, 0.717) is 0 Å². The van der Waals surface area contributed by atoms with E-state index < -0.39 is 39.3 Å². The molecule has 0 spiro atoms. The Morgan fingerprint density at radius 3 is 2.72 bits per heavy atom. The number of hydrogen-bond acceptors (Lipinski definition) is 5. The van der Waals surface area contributed by atoms with Gasteiger partial charge in [0.05, 0.1) is 12.0 Å². The highest BCUT2D eigenvalue weighted by molar-refractivity contribution is 7.89. The fourth-order valence-corrected chi connectivity index (χ4v) is 2.90. The van der Waals surface area contributed by atoms with Gasteiger partial charge in [-0.05, 0) is 12.1 Å². The molecule has 1 aromatic rings. The van der Waals surface area contributed by atoms with Crippen LogP contribution in [0.1, 0.15) is 9.68 Å². The number of nitrogens with zero attached hydrogens (tertiary/aromatic N) is 1. The number of ether oxygens (including phenoxy) is 1. The molecule has 0 saturated carbocycles. The second kappa shape index (κ2) is 4.02. The predicted molar refractivity (Wildman–Crippen MR) is 63.0 cm³/mol. The van der Waals surface area contributed by atoms with Crippen molar-refractivity contribution in [2.45, 2.75) is 4.90 Å². The maximum absolute atomic E-state index is 12.4. The number of rotatable bonds is 1. The monoisotopic (exact) mass is 272 g/mol. The Labute approximate surface area is 108 Å². The highest BCUT2D eigenvalue weighted by Crippen LogP contribution is 2.34. The van der Waals surface area contributed by atoms with Gasteiger partial charge in [0.15, 0.2) is 11.5 Å². The molecule has 96 valence electrons. The summed E-state index contributed by atoms with van der Waals surface area (Å²) >= 11 is 0. The van der Waals surface area contributed by atoms with Crippen molar-refractivity contribution in [3.8, 4) is 0 Å². The molecule has 0 atom stereocenters. The molecule has 0 radical (unpaired) electrons. The molecule has 1 aliphatic heterocycles. The van der Waals surface area contributed by atoms with Gasteiger partial charge in [-0.1, -0.05) is 12.1 Å². The molecule has 7 heteroatoms.